The molecular formula is C10H25N3. The van der Waals surface area contributed by atoms with E-state index in [9.17, 15) is 0 Å². The molecule has 0 amide bonds. The van der Waals surface area contributed by atoms with Crippen LogP contribution in [0.1, 0.15) is 27.7 Å². The standard InChI is InChI=1S/C10H25N3/c1-5-13(6-2)8-7-12-10(3,4)9-11/h12H,5-9,11H2,1-4H3. The number of nitrogens with zero attached hydrogens (tertiary/aromatic N) is 1. The third kappa shape index (κ3) is 6.02. The van der Waals surface area contributed by atoms with Crippen molar-refractivity contribution < 1.29 is 0 Å². The summed E-state index contributed by atoms with van der Waals surface area (Å²) in [6.45, 7) is 13.7. The quantitative estimate of drug-likeness (QED) is 0.615. The van der Waals surface area contributed by atoms with Gasteiger partial charge in [-0.1, -0.05) is 13.8 Å². The molecule has 0 fully saturated rings. The summed E-state index contributed by atoms with van der Waals surface area (Å²) >= 11 is 0. The molecule has 0 saturated heterocycles. The molecule has 0 aromatic heterocycles. The lowest BCUT2D eigenvalue weighted by atomic mass is 10.1. The SMILES string of the molecule is CCN(CC)CCNC(C)(C)CN. The number of likely N-dealkylation sites (N-methyl/N-ethyl adjacent to an activating group) is 1. The Kier molecular flexibility index (Phi) is 6.29. The normalized spacial score (nSPS) is 12.5. The largest absolute Gasteiger partial charge is 0.329 e. The third-order valence-electron chi connectivity index (χ3n) is 2.44. The molecule has 0 aliphatic heterocycles. The monoisotopic (exact) mass is 187 g/mol. The van der Waals surface area contributed by atoms with Crippen molar-refractivity contribution in [1.82, 2.24) is 10.2 Å². The van der Waals surface area contributed by atoms with Gasteiger partial charge in [-0.15, -0.1) is 0 Å². The molecule has 0 unspecified atom stereocenters. The highest BCUT2D eigenvalue weighted by Crippen LogP contribution is 1.97. The van der Waals surface area contributed by atoms with Crippen molar-refractivity contribution >= 4 is 0 Å². The van der Waals surface area contributed by atoms with Crippen LogP contribution in [0.25, 0.3) is 0 Å². The van der Waals surface area contributed by atoms with Crippen LogP contribution in [0.2, 0.25) is 0 Å². The zero-order valence-corrected chi connectivity index (χ0v) is 9.56. The highest BCUT2D eigenvalue weighted by Gasteiger charge is 2.13. The molecule has 3 nitrogen and oxygen atoms in total. The molecule has 13 heavy (non-hydrogen) atoms. The first kappa shape index (κ1) is 12.9. The van der Waals surface area contributed by atoms with Crippen molar-refractivity contribution in [2.24, 2.45) is 5.73 Å². The summed E-state index contributed by atoms with van der Waals surface area (Å²) in [4.78, 5) is 2.40. The summed E-state index contributed by atoms with van der Waals surface area (Å²) in [6, 6.07) is 0. The summed E-state index contributed by atoms with van der Waals surface area (Å²) in [5, 5.41) is 3.44. The van der Waals surface area contributed by atoms with E-state index in [-0.39, 0.29) is 5.54 Å². The minimum atomic E-state index is 0.0765. The second-order valence-corrected chi connectivity index (χ2v) is 4.04. The van der Waals surface area contributed by atoms with E-state index in [4.69, 9.17) is 5.73 Å². The van der Waals surface area contributed by atoms with Gasteiger partial charge in [0.2, 0.25) is 0 Å². The number of nitrogens with two attached hydrogens (primary N) is 1. The van der Waals surface area contributed by atoms with Crippen LogP contribution in [0.5, 0.6) is 0 Å². The summed E-state index contributed by atoms with van der Waals surface area (Å²) in [5.74, 6) is 0. The van der Waals surface area contributed by atoms with E-state index in [0.29, 0.717) is 6.54 Å². The molecule has 0 rings (SSSR count). The average molecular weight is 187 g/mol. The van der Waals surface area contributed by atoms with Gasteiger partial charge in [-0.2, -0.15) is 0 Å². The number of hydrogen-bond acceptors (Lipinski definition) is 3. The zero-order chi connectivity index (χ0) is 10.3. The Balaban J connectivity index is 3.54. The fraction of sp³-hybridized carbons (Fsp3) is 1.00. The Morgan fingerprint density at radius 3 is 2.15 bits per heavy atom. The van der Waals surface area contributed by atoms with Crippen LogP contribution in [0.4, 0.5) is 0 Å². The number of hydrogen-bond donors (Lipinski definition) is 2. The fourth-order valence-corrected chi connectivity index (χ4v) is 1.16. The van der Waals surface area contributed by atoms with Crippen molar-refractivity contribution in [3.63, 3.8) is 0 Å². The molecule has 0 bridgehead atoms. The minimum absolute atomic E-state index is 0.0765. The lowest BCUT2D eigenvalue weighted by molar-refractivity contribution is 0.282. The lowest BCUT2D eigenvalue weighted by Gasteiger charge is -2.26. The second-order valence-electron chi connectivity index (χ2n) is 4.04. The first-order valence-electron chi connectivity index (χ1n) is 5.23. The molecule has 0 aliphatic carbocycles. The van der Waals surface area contributed by atoms with Crippen molar-refractivity contribution in [1.29, 1.82) is 0 Å². The Labute approximate surface area is 82.7 Å². The zero-order valence-electron chi connectivity index (χ0n) is 9.56. The van der Waals surface area contributed by atoms with Crippen LogP contribution in [-0.4, -0.2) is 43.2 Å². The predicted octanol–water partition coefficient (Wildman–Crippen LogP) is 0.655. The Bertz CT molecular complexity index is 119. The van der Waals surface area contributed by atoms with Gasteiger partial charge in [-0.05, 0) is 26.9 Å². The molecule has 3 heteroatoms. The molecule has 0 saturated carbocycles. The van der Waals surface area contributed by atoms with Crippen LogP contribution in [0, 0.1) is 0 Å². The summed E-state index contributed by atoms with van der Waals surface area (Å²) in [7, 11) is 0. The van der Waals surface area contributed by atoms with Gasteiger partial charge >= 0.3 is 0 Å². The van der Waals surface area contributed by atoms with Crippen LogP contribution in [0.3, 0.4) is 0 Å². The molecule has 0 heterocycles. The van der Waals surface area contributed by atoms with Crippen LogP contribution in [-0.2, 0) is 0 Å². The topological polar surface area (TPSA) is 41.3 Å². The number of rotatable bonds is 7. The molecule has 80 valence electrons. The molecule has 0 aromatic carbocycles. The van der Waals surface area contributed by atoms with Gasteiger partial charge in [-0.3, -0.25) is 0 Å². The van der Waals surface area contributed by atoms with Crippen LogP contribution >= 0.6 is 0 Å². The van der Waals surface area contributed by atoms with E-state index in [2.05, 4.69) is 37.9 Å². The van der Waals surface area contributed by atoms with E-state index in [1.54, 1.807) is 0 Å². The molecule has 0 atom stereocenters. The lowest BCUT2D eigenvalue weighted by Crippen LogP contribution is -2.48. The van der Waals surface area contributed by atoms with Gasteiger partial charge in [-0.25, -0.2) is 0 Å². The molecule has 0 aliphatic rings. The van der Waals surface area contributed by atoms with Gasteiger partial charge < -0.3 is 16.0 Å². The van der Waals surface area contributed by atoms with Crippen molar-refractivity contribution in [3.05, 3.63) is 0 Å². The third-order valence-corrected chi connectivity index (χ3v) is 2.44. The molecule has 0 radical (unpaired) electrons. The van der Waals surface area contributed by atoms with Gasteiger partial charge in [0.25, 0.3) is 0 Å². The average Bonchev–Trinajstić information content (AvgIpc) is 2.12. The van der Waals surface area contributed by atoms with Crippen molar-refractivity contribution in [2.45, 2.75) is 33.2 Å². The molecule has 0 aromatic rings. The Morgan fingerprint density at radius 2 is 1.77 bits per heavy atom. The number of nitrogens with one attached hydrogen (secondary N) is 1. The minimum Gasteiger partial charge on any atom is -0.329 e. The smallest absolute Gasteiger partial charge is 0.0247 e. The van der Waals surface area contributed by atoms with E-state index in [1.165, 1.54) is 0 Å². The van der Waals surface area contributed by atoms with E-state index in [1.807, 2.05) is 0 Å². The first-order valence-corrected chi connectivity index (χ1v) is 5.23. The van der Waals surface area contributed by atoms with E-state index < -0.39 is 0 Å². The highest BCUT2D eigenvalue weighted by molar-refractivity contribution is 4.78. The summed E-state index contributed by atoms with van der Waals surface area (Å²) in [5.41, 5.74) is 5.69. The van der Waals surface area contributed by atoms with Gasteiger partial charge in [0.15, 0.2) is 0 Å². The van der Waals surface area contributed by atoms with Gasteiger partial charge in [0, 0.05) is 25.2 Å². The summed E-state index contributed by atoms with van der Waals surface area (Å²) in [6.07, 6.45) is 0. The molecule has 0 spiro atoms. The second kappa shape index (κ2) is 6.35. The van der Waals surface area contributed by atoms with Gasteiger partial charge in [0.05, 0.1) is 0 Å². The van der Waals surface area contributed by atoms with E-state index in [0.717, 1.165) is 26.2 Å². The maximum atomic E-state index is 5.61. The highest BCUT2D eigenvalue weighted by atomic mass is 15.1. The van der Waals surface area contributed by atoms with Crippen molar-refractivity contribution in [3.8, 4) is 0 Å². The van der Waals surface area contributed by atoms with Crippen LogP contribution in [0.15, 0.2) is 0 Å². The fourth-order valence-electron chi connectivity index (χ4n) is 1.16. The predicted molar refractivity (Wildman–Crippen MR) is 58.9 cm³/mol. The van der Waals surface area contributed by atoms with Crippen LogP contribution < -0.4 is 11.1 Å². The Morgan fingerprint density at radius 1 is 1.23 bits per heavy atom. The first-order chi connectivity index (χ1) is 6.05. The van der Waals surface area contributed by atoms with E-state index >= 15 is 0 Å². The molecular weight excluding hydrogens is 162 g/mol. The summed E-state index contributed by atoms with van der Waals surface area (Å²) < 4.78 is 0. The maximum absolute atomic E-state index is 5.61. The Hall–Kier alpha value is -0.120. The van der Waals surface area contributed by atoms with Crippen molar-refractivity contribution in [2.75, 3.05) is 32.7 Å². The van der Waals surface area contributed by atoms with Gasteiger partial charge in [0.1, 0.15) is 0 Å². The maximum Gasteiger partial charge on any atom is 0.0247 e. The molecule has 3 N–H and O–H groups in total.